The summed E-state index contributed by atoms with van der Waals surface area (Å²) in [6, 6.07) is 16.3. The van der Waals surface area contributed by atoms with Gasteiger partial charge in [-0.25, -0.2) is 0 Å². The molecule has 0 fully saturated rings. The molecule has 3 aromatic rings. The monoisotopic (exact) mass is 360 g/mol. The Labute approximate surface area is 137 Å². The van der Waals surface area contributed by atoms with Gasteiger partial charge in [-0.2, -0.15) is 0 Å². The van der Waals surface area contributed by atoms with Crippen LogP contribution < -0.4 is 4.74 Å². The van der Waals surface area contributed by atoms with Gasteiger partial charge in [-0.05, 0) is 69.0 Å². The Morgan fingerprint density at radius 2 is 1.71 bits per heavy atom. The van der Waals surface area contributed by atoms with Crippen LogP contribution in [0.25, 0.3) is 21.9 Å². The van der Waals surface area contributed by atoms with E-state index in [-0.39, 0.29) is 0 Å². The number of hydrogen-bond donors (Lipinski definition) is 0. The molecule has 3 heteroatoms. The molecule has 3 aromatic carbocycles. The Balaban J connectivity index is 2.34. The first kappa shape index (κ1) is 14.4. The van der Waals surface area contributed by atoms with E-state index in [1.807, 2.05) is 30.3 Å². The number of halogens is 2. The highest BCUT2D eigenvalue weighted by Gasteiger charge is 2.12. The molecule has 0 radical (unpaired) electrons. The van der Waals surface area contributed by atoms with Crippen molar-refractivity contribution in [3.05, 3.63) is 63.6 Å². The van der Waals surface area contributed by atoms with Crippen molar-refractivity contribution < 1.29 is 4.74 Å². The maximum atomic E-state index is 6.00. The van der Waals surface area contributed by atoms with E-state index in [1.54, 1.807) is 7.11 Å². The molecule has 21 heavy (non-hydrogen) atoms. The van der Waals surface area contributed by atoms with Gasteiger partial charge in [0.1, 0.15) is 5.75 Å². The van der Waals surface area contributed by atoms with Gasteiger partial charge in [0.15, 0.2) is 0 Å². The van der Waals surface area contributed by atoms with Crippen LogP contribution in [-0.4, -0.2) is 7.11 Å². The lowest BCUT2D eigenvalue weighted by molar-refractivity contribution is 0.415. The van der Waals surface area contributed by atoms with Gasteiger partial charge < -0.3 is 4.74 Å². The van der Waals surface area contributed by atoms with Crippen LogP contribution in [-0.2, 0) is 0 Å². The second-order valence-electron chi connectivity index (χ2n) is 4.98. The van der Waals surface area contributed by atoms with Crippen molar-refractivity contribution in [2.45, 2.75) is 6.92 Å². The molecule has 0 heterocycles. The van der Waals surface area contributed by atoms with Crippen molar-refractivity contribution in [1.29, 1.82) is 0 Å². The van der Waals surface area contributed by atoms with Crippen molar-refractivity contribution in [3.63, 3.8) is 0 Å². The Morgan fingerprint density at radius 3 is 2.38 bits per heavy atom. The second-order valence-corrected chi connectivity index (χ2v) is 6.21. The molecular weight excluding hydrogens is 348 g/mol. The molecule has 3 rings (SSSR count). The molecule has 0 amide bonds. The number of methoxy groups -OCH3 is 1. The van der Waals surface area contributed by atoms with Crippen molar-refractivity contribution in [2.24, 2.45) is 0 Å². The third kappa shape index (κ3) is 2.66. The summed E-state index contributed by atoms with van der Waals surface area (Å²) < 4.78 is 6.44. The van der Waals surface area contributed by atoms with Gasteiger partial charge in [0.2, 0.25) is 0 Å². The smallest absolute Gasteiger partial charge is 0.119 e. The van der Waals surface area contributed by atoms with E-state index in [1.165, 1.54) is 21.9 Å². The topological polar surface area (TPSA) is 9.23 Å². The van der Waals surface area contributed by atoms with Gasteiger partial charge in [0.25, 0.3) is 0 Å². The zero-order valence-corrected chi connectivity index (χ0v) is 14.1. The number of aryl methyl sites for hydroxylation is 1. The maximum Gasteiger partial charge on any atom is 0.119 e. The molecule has 0 atom stereocenters. The van der Waals surface area contributed by atoms with Gasteiger partial charge >= 0.3 is 0 Å². The minimum absolute atomic E-state index is 0.744. The van der Waals surface area contributed by atoms with Crippen molar-refractivity contribution >= 4 is 38.3 Å². The average molecular weight is 362 g/mol. The minimum atomic E-state index is 0.744. The molecule has 0 N–H and O–H groups in total. The van der Waals surface area contributed by atoms with E-state index in [4.69, 9.17) is 16.3 Å². The quantitative estimate of drug-likeness (QED) is 0.525. The van der Waals surface area contributed by atoms with E-state index in [9.17, 15) is 0 Å². The van der Waals surface area contributed by atoms with Crippen LogP contribution in [0.4, 0.5) is 0 Å². The fourth-order valence-electron chi connectivity index (χ4n) is 2.53. The van der Waals surface area contributed by atoms with Crippen LogP contribution in [0.3, 0.4) is 0 Å². The van der Waals surface area contributed by atoms with Crippen LogP contribution in [0.2, 0.25) is 5.02 Å². The normalized spacial score (nSPS) is 10.9. The summed E-state index contributed by atoms with van der Waals surface area (Å²) in [4.78, 5) is 0. The molecule has 0 aliphatic carbocycles. The van der Waals surface area contributed by atoms with Crippen molar-refractivity contribution in [2.75, 3.05) is 7.11 Å². The molecule has 0 bridgehead atoms. The number of hydrogen-bond acceptors (Lipinski definition) is 1. The third-order valence-electron chi connectivity index (χ3n) is 3.60. The van der Waals surface area contributed by atoms with Gasteiger partial charge in [-0.3, -0.25) is 0 Å². The van der Waals surface area contributed by atoms with E-state index < -0.39 is 0 Å². The predicted octanol–water partition coefficient (Wildman–Crippen LogP) is 6.24. The zero-order valence-electron chi connectivity index (χ0n) is 11.8. The fourth-order valence-corrected chi connectivity index (χ4v) is 3.21. The van der Waals surface area contributed by atoms with Gasteiger partial charge in [-0.1, -0.05) is 35.9 Å². The number of benzene rings is 3. The molecule has 0 saturated carbocycles. The lowest BCUT2D eigenvalue weighted by Gasteiger charge is -2.13. The maximum absolute atomic E-state index is 6.00. The summed E-state index contributed by atoms with van der Waals surface area (Å²) in [5.74, 6) is 0.867. The summed E-state index contributed by atoms with van der Waals surface area (Å²) in [7, 11) is 1.69. The SMILES string of the molecule is COc1ccc2c(-c3ccc(Cl)cc3)c(Br)c(C)cc2c1. The number of ether oxygens (including phenoxy) is 1. The van der Waals surface area contributed by atoms with Crippen molar-refractivity contribution in [3.8, 4) is 16.9 Å². The number of fused-ring (bicyclic) bond motifs is 1. The third-order valence-corrected chi connectivity index (χ3v) is 4.87. The second kappa shape index (κ2) is 5.70. The Hall–Kier alpha value is -1.51. The molecule has 0 spiro atoms. The minimum Gasteiger partial charge on any atom is -0.497 e. The van der Waals surface area contributed by atoms with E-state index >= 15 is 0 Å². The predicted molar refractivity (Wildman–Crippen MR) is 93.4 cm³/mol. The Bertz CT molecular complexity index is 810. The Kier molecular flexibility index (Phi) is 3.92. The summed E-state index contributed by atoms with van der Waals surface area (Å²) in [5.41, 5.74) is 3.52. The summed E-state index contributed by atoms with van der Waals surface area (Å²) >= 11 is 9.73. The standard InChI is InChI=1S/C18H14BrClO/c1-11-9-13-10-15(21-2)7-8-16(13)17(18(11)19)12-3-5-14(20)6-4-12/h3-10H,1-2H3. The van der Waals surface area contributed by atoms with Crippen LogP contribution in [0.15, 0.2) is 53.0 Å². The first-order valence-electron chi connectivity index (χ1n) is 6.63. The molecule has 0 aromatic heterocycles. The highest BCUT2D eigenvalue weighted by atomic mass is 79.9. The Morgan fingerprint density at radius 1 is 1.00 bits per heavy atom. The highest BCUT2D eigenvalue weighted by Crippen LogP contribution is 2.39. The van der Waals surface area contributed by atoms with Gasteiger partial charge in [-0.15, -0.1) is 0 Å². The highest BCUT2D eigenvalue weighted by molar-refractivity contribution is 9.10. The van der Waals surface area contributed by atoms with Gasteiger partial charge in [0, 0.05) is 15.1 Å². The molecule has 106 valence electrons. The molecule has 1 nitrogen and oxygen atoms in total. The summed E-state index contributed by atoms with van der Waals surface area (Å²) in [5, 5.41) is 3.10. The zero-order chi connectivity index (χ0) is 15.0. The largest absolute Gasteiger partial charge is 0.497 e. The first-order chi connectivity index (χ1) is 10.1. The van der Waals surface area contributed by atoms with E-state index in [0.717, 1.165) is 20.8 Å². The molecule has 0 aliphatic heterocycles. The molecule has 0 aliphatic rings. The van der Waals surface area contributed by atoms with E-state index in [0.29, 0.717) is 0 Å². The molecular formula is C18H14BrClO. The van der Waals surface area contributed by atoms with Crippen molar-refractivity contribution in [1.82, 2.24) is 0 Å². The molecule has 0 saturated heterocycles. The molecule has 0 unspecified atom stereocenters. The summed E-state index contributed by atoms with van der Waals surface area (Å²) in [6.07, 6.45) is 0. The van der Waals surface area contributed by atoms with Crippen LogP contribution in [0, 0.1) is 6.92 Å². The van der Waals surface area contributed by atoms with Crippen LogP contribution in [0.5, 0.6) is 5.75 Å². The van der Waals surface area contributed by atoms with E-state index in [2.05, 4.69) is 41.1 Å². The van der Waals surface area contributed by atoms with Gasteiger partial charge in [0.05, 0.1) is 7.11 Å². The lowest BCUT2D eigenvalue weighted by Crippen LogP contribution is -1.89. The first-order valence-corrected chi connectivity index (χ1v) is 7.80. The van der Waals surface area contributed by atoms with Crippen LogP contribution in [0.1, 0.15) is 5.56 Å². The summed E-state index contributed by atoms with van der Waals surface area (Å²) in [6.45, 7) is 2.10. The lowest BCUT2D eigenvalue weighted by atomic mass is 9.96. The van der Waals surface area contributed by atoms with Crippen LogP contribution >= 0.6 is 27.5 Å². The average Bonchev–Trinajstić information content (AvgIpc) is 2.49. The fraction of sp³-hybridized carbons (Fsp3) is 0.111. The number of rotatable bonds is 2.